The summed E-state index contributed by atoms with van der Waals surface area (Å²) in [5.41, 5.74) is 0.925. The summed E-state index contributed by atoms with van der Waals surface area (Å²) >= 11 is 1.53. The van der Waals surface area contributed by atoms with Crippen LogP contribution in [0.1, 0.15) is 26.2 Å². The quantitative estimate of drug-likeness (QED) is 0.616. The molecule has 94 valence electrons. The number of carbonyl (C=O) groups excluding carboxylic acids is 1. The third-order valence-corrected chi connectivity index (χ3v) is 4.20. The minimum absolute atomic E-state index is 0.0878. The Hall–Kier alpha value is -1.62. The summed E-state index contributed by atoms with van der Waals surface area (Å²) in [5, 5.41) is 10.5. The molecule has 1 aliphatic carbocycles. The van der Waals surface area contributed by atoms with Gasteiger partial charge < -0.3 is 0 Å². The van der Waals surface area contributed by atoms with Crippen LogP contribution < -0.4 is 0 Å². The van der Waals surface area contributed by atoms with E-state index < -0.39 is 4.92 Å². The molecule has 0 spiro atoms. The fourth-order valence-corrected chi connectivity index (χ4v) is 2.92. The average Bonchev–Trinajstić information content (AvgIpc) is 2.36. The van der Waals surface area contributed by atoms with Crippen molar-refractivity contribution >= 4 is 23.2 Å². The Balaban J connectivity index is 2.16. The lowest BCUT2D eigenvalue weighted by Gasteiger charge is -2.15. The molecular weight excluding hydrogens is 250 g/mol. The minimum Gasteiger partial charge on any atom is -0.295 e. The van der Waals surface area contributed by atoms with Gasteiger partial charge in [-0.25, -0.2) is 0 Å². The highest BCUT2D eigenvalue weighted by atomic mass is 32.2. The number of nitro groups is 1. The van der Waals surface area contributed by atoms with E-state index in [-0.39, 0.29) is 11.5 Å². The molecule has 0 N–H and O–H groups in total. The van der Waals surface area contributed by atoms with E-state index in [2.05, 4.69) is 0 Å². The predicted octanol–water partition coefficient (Wildman–Crippen LogP) is 3.71. The molecule has 1 aromatic carbocycles. The van der Waals surface area contributed by atoms with E-state index >= 15 is 0 Å². The van der Waals surface area contributed by atoms with Crippen molar-refractivity contribution in [2.45, 2.75) is 31.1 Å². The largest absolute Gasteiger partial charge is 0.295 e. The van der Waals surface area contributed by atoms with E-state index in [4.69, 9.17) is 0 Å². The van der Waals surface area contributed by atoms with Gasteiger partial charge in [0.15, 0.2) is 5.78 Å². The molecule has 0 aliphatic heterocycles. The molecule has 1 aliphatic rings. The van der Waals surface area contributed by atoms with Crippen LogP contribution in [-0.4, -0.2) is 10.7 Å². The highest BCUT2D eigenvalue weighted by Gasteiger charge is 2.17. The standard InChI is InChI=1S/C13H13NO3S/c1-9-12(15)3-2-4-13(9)18-11-7-5-10(6-8-11)14(16)17/h5-8H,2-4H2,1H3. The summed E-state index contributed by atoms with van der Waals surface area (Å²) in [5.74, 6) is 0.214. The number of hydrogen-bond acceptors (Lipinski definition) is 4. The first-order chi connectivity index (χ1) is 8.58. The molecule has 0 radical (unpaired) electrons. The van der Waals surface area contributed by atoms with Crippen LogP contribution in [0.15, 0.2) is 39.6 Å². The molecule has 2 rings (SSSR count). The van der Waals surface area contributed by atoms with Crippen molar-refractivity contribution in [1.82, 2.24) is 0 Å². The number of nitrogens with zero attached hydrogens (tertiary/aromatic N) is 1. The lowest BCUT2D eigenvalue weighted by molar-refractivity contribution is -0.384. The topological polar surface area (TPSA) is 60.2 Å². The maximum absolute atomic E-state index is 11.6. The molecule has 0 atom stereocenters. The normalized spacial score (nSPS) is 15.9. The van der Waals surface area contributed by atoms with Crippen LogP contribution in [0.5, 0.6) is 0 Å². The van der Waals surface area contributed by atoms with Crippen LogP contribution in [0.3, 0.4) is 0 Å². The predicted molar refractivity (Wildman–Crippen MR) is 70.5 cm³/mol. The van der Waals surface area contributed by atoms with Gasteiger partial charge in [0.1, 0.15) is 0 Å². The maximum Gasteiger partial charge on any atom is 0.269 e. The van der Waals surface area contributed by atoms with Gasteiger partial charge in [-0.3, -0.25) is 14.9 Å². The lowest BCUT2D eigenvalue weighted by atomic mass is 9.99. The molecule has 1 aromatic rings. The van der Waals surface area contributed by atoms with Crippen molar-refractivity contribution < 1.29 is 9.72 Å². The second-order valence-electron chi connectivity index (χ2n) is 4.18. The molecule has 18 heavy (non-hydrogen) atoms. The van der Waals surface area contributed by atoms with E-state index in [1.807, 2.05) is 6.92 Å². The van der Waals surface area contributed by atoms with E-state index in [0.717, 1.165) is 28.2 Å². The number of ketones is 1. The van der Waals surface area contributed by atoms with E-state index in [0.29, 0.717) is 6.42 Å². The Morgan fingerprint density at radius 1 is 1.22 bits per heavy atom. The molecule has 0 saturated carbocycles. The molecule has 4 nitrogen and oxygen atoms in total. The van der Waals surface area contributed by atoms with Crippen LogP contribution in [0.2, 0.25) is 0 Å². The molecule has 0 amide bonds. The summed E-state index contributed by atoms with van der Waals surface area (Å²) in [7, 11) is 0. The molecule has 0 fully saturated rings. The zero-order valence-corrected chi connectivity index (χ0v) is 10.8. The molecule has 5 heteroatoms. The van der Waals surface area contributed by atoms with Crippen LogP contribution in [-0.2, 0) is 4.79 Å². The Bertz CT molecular complexity index is 520. The van der Waals surface area contributed by atoms with Crippen molar-refractivity contribution in [3.05, 3.63) is 44.9 Å². The summed E-state index contributed by atoms with van der Waals surface area (Å²) < 4.78 is 0. The number of Topliss-reactive ketones (excluding diaryl/α,β-unsaturated/α-hetero) is 1. The molecular formula is C13H13NO3S. The Morgan fingerprint density at radius 3 is 2.50 bits per heavy atom. The van der Waals surface area contributed by atoms with E-state index in [1.54, 1.807) is 12.1 Å². The molecule has 0 aromatic heterocycles. The van der Waals surface area contributed by atoms with Crippen LogP contribution in [0.25, 0.3) is 0 Å². The molecule has 0 bridgehead atoms. The fraction of sp³-hybridized carbons (Fsp3) is 0.308. The number of carbonyl (C=O) groups is 1. The summed E-state index contributed by atoms with van der Waals surface area (Å²) in [6.45, 7) is 1.86. The van der Waals surface area contributed by atoms with Gasteiger partial charge in [-0.1, -0.05) is 11.8 Å². The van der Waals surface area contributed by atoms with E-state index in [1.165, 1.54) is 23.9 Å². The lowest BCUT2D eigenvalue weighted by Crippen LogP contribution is -2.07. The summed E-state index contributed by atoms with van der Waals surface area (Å²) in [6.07, 6.45) is 2.45. The van der Waals surface area contributed by atoms with Crippen molar-refractivity contribution in [3.63, 3.8) is 0 Å². The minimum atomic E-state index is -0.414. The SMILES string of the molecule is CC1=C(Sc2ccc([N+](=O)[O-])cc2)CCCC1=O. The van der Waals surface area contributed by atoms with E-state index in [9.17, 15) is 14.9 Å². The van der Waals surface area contributed by atoms with Gasteiger partial charge in [-0.15, -0.1) is 0 Å². The number of thioether (sulfide) groups is 1. The first kappa shape index (κ1) is 12.8. The molecule has 0 unspecified atom stereocenters. The van der Waals surface area contributed by atoms with Crippen molar-refractivity contribution in [3.8, 4) is 0 Å². The second kappa shape index (κ2) is 5.35. The number of nitro benzene ring substituents is 1. The first-order valence-corrected chi connectivity index (χ1v) is 6.55. The van der Waals surface area contributed by atoms with Crippen LogP contribution in [0.4, 0.5) is 5.69 Å². The Morgan fingerprint density at radius 2 is 1.89 bits per heavy atom. The van der Waals surface area contributed by atoms with Crippen molar-refractivity contribution in [2.24, 2.45) is 0 Å². The zero-order chi connectivity index (χ0) is 13.1. The van der Waals surface area contributed by atoms with Crippen molar-refractivity contribution in [2.75, 3.05) is 0 Å². The average molecular weight is 263 g/mol. The summed E-state index contributed by atoms with van der Waals surface area (Å²) in [6, 6.07) is 6.43. The number of rotatable bonds is 3. The van der Waals surface area contributed by atoms with Gasteiger partial charge in [-0.2, -0.15) is 0 Å². The van der Waals surface area contributed by atoms with Crippen LogP contribution >= 0.6 is 11.8 Å². The molecule has 0 saturated heterocycles. The number of benzene rings is 1. The third kappa shape index (κ3) is 2.79. The van der Waals surface area contributed by atoms with Gasteiger partial charge in [-0.05, 0) is 36.8 Å². The number of non-ortho nitro benzene ring substituents is 1. The Kier molecular flexibility index (Phi) is 3.81. The monoisotopic (exact) mass is 263 g/mol. The highest BCUT2D eigenvalue weighted by molar-refractivity contribution is 8.03. The van der Waals surface area contributed by atoms with Gasteiger partial charge in [0.25, 0.3) is 5.69 Å². The van der Waals surface area contributed by atoms with Crippen LogP contribution in [0, 0.1) is 10.1 Å². The van der Waals surface area contributed by atoms with Gasteiger partial charge >= 0.3 is 0 Å². The third-order valence-electron chi connectivity index (χ3n) is 2.93. The first-order valence-electron chi connectivity index (χ1n) is 5.73. The summed E-state index contributed by atoms with van der Waals surface area (Å²) in [4.78, 5) is 23.7. The van der Waals surface area contributed by atoms with Crippen molar-refractivity contribution in [1.29, 1.82) is 0 Å². The van der Waals surface area contributed by atoms with Gasteiger partial charge in [0, 0.05) is 29.0 Å². The maximum atomic E-state index is 11.6. The second-order valence-corrected chi connectivity index (χ2v) is 5.35. The highest BCUT2D eigenvalue weighted by Crippen LogP contribution is 2.36. The smallest absolute Gasteiger partial charge is 0.269 e. The number of allylic oxidation sites excluding steroid dienone is 2. The van der Waals surface area contributed by atoms with Gasteiger partial charge in [0.2, 0.25) is 0 Å². The molecule has 0 heterocycles. The van der Waals surface area contributed by atoms with Gasteiger partial charge in [0.05, 0.1) is 4.92 Å². The number of hydrogen-bond donors (Lipinski definition) is 0. The Labute approximate surface area is 109 Å². The fourth-order valence-electron chi connectivity index (χ4n) is 1.85. The zero-order valence-electron chi connectivity index (χ0n) is 10.0.